The number of aromatic nitrogens is 3. The van der Waals surface area contributed by atoms with Crippen LogP contribution in [0.5, 0.6) is 0 Å². The molecule has 0 amide bonds. The van der Waals surface area contributed by atoms with Gasteiger partial charge in [0.05, 0.1) is 23.0 Å². The maximum atomic E-state index is 11.1. The maximum Gasteiger partial charge on any atom is 0.209 e. The van der Waals surface area contributed by atoms with Gasteiger partial charge >= 0.3 is 0 Å². The molecule has 0 bridgehead atoms. The molecule has 2 aromatic heterocycles. The fourth-order valence-corrected chi connectivity index (χ4v) is 3.91. The number of fused-ring (bicyclic) bond motifs is 3. The minimum atomic E-state index is -3.44. The summed E-state index contributed by atoms with van der Waals surface area (Å²) in [5.74, 6) is 0.796. The average molecular weight is 441 g/mol. The predicted octanol–water partition coefficient (Wildman–Crippen LogP) is 2.95. The van der Waals surface area contributed by atoms with Crippen molar-refractivity contribution in [3.63, 3.8) is 0 Å². The van der Waals surface area contributed by atoms with Crippen LogP contribution in [0.1, 0.15) is 25.6 Å². The first-order valence-electron chi connectivity index (χ1n) is 8.40. The van der Waals surface area contributed by atoms with E-state index >= 15 is 0 Å². The second kappa shape index (κ2) is 7.99. The Morgan fingerprint density at radius 1 is 1.27 bits per heavy atom. The van der Waals surface area contributed by atoms with Crippen LogP contribution in [0.25, 0.3) is 21.9 Å². The molecule has 0 saturated heterocycles. The number of ether oxygens (including phenoxy) is 1. The van der Waals surface area contributed by atoms with Crippen molar-refractivity contribution in [2.24, 2.45) is 5.14 Å². The largest absolute Gasteiger partial charge is 0.374 e. The average Bonchev–Trinajstić information content (AvgIpc) is 2.93. The molecule has 1 aromatic carbocycles. The molecule has 0 saturated carbocycles. The van der Waals surface area contributed by atoms with Gasteiger partial charge in [-0.3, -0.25) is 4.98 Å². The van der Waals surface area contributed by atoms with Crippen LogP contribution in [-0.2, 0) is 27.9 Å². The fourth-order valence-electron chi connectivity index (χ4n) is 2.95. The van der Waals surface area contributed by atoms with Crippen LogP contribution in [0.4, 0.5) is 0 Å². The van der Waals surface area contributed by atoms with Gasteiger partial charge in [-0.25, -0.2) is 18.5 Å². The SMILES string of the molecule is CCOCc1nc2cnc3cc(Br)ccc3c2n1CCCCS(N)(=O)=O. The third-order valence-corrected chi connectivity index (χ3v) is 5.46. The Morgan fingerprint density at radius 3 is 2.81 bits per heavy atom. The molecule has 3 aromatic rings. The van der Waals surface area contributed by atoms with Crippen molar-refractivity contribution in [3.05, 3.63) is 34.7 Å². The number of benzene rings is 1. The van der Waals surface area contributed by atoms with Crippen molar-refractivity contribution in [1.29, 1.82) is 0 Å². The minimum absolute atomic E-state index is 0.0182. The number of nitrogens with two attached hydrogens (primary N) is 1. The van der Waals surface area contributed by atoms with Gasteiger partial charge in [-0.1, -0.05) is 15.9 Å². The predicted molar refractivity (Wildman–Crippen MR) is 105 cm³/mol. The van der Waals surface area contributed by atoms with E-state index in [2.05, 4.69) is 30.5 Å². The number of sulfonamides is 1. The lowest BCUT2D eigenvalue weighted by molar-refractivity contribution is 0.126. The highest BCUT2D eigenvalue weighted by Gasteiger charge is 2.15. The molecular weight excluding hydrogens is 420 g/mol. The van der Waals surface area contributed by atoms with E-state index in [9.17, 15) is 8.42 Å². The number of pyridine rings is 1. The molecule has 7 nitrogen and oxygen atoms in total. The monoisotopic (exact) mass is 440 g/mol. The van der Waals surface area contributed by atoms with Gasteiger partial charge in [0.1, 0.15) is 17.9 Å². The van der Waals surface area contributed by atoms with Crippen LogP contribution in [-0.4, -0.2) is 35.3 Å². The van der Waals surface area contributed by atoms with Gasteiger partial charge in [0.25, 0.3) is 0 Å². The summed E-state index contributed by atoms with van der Waals surface area (Å²) in [6.07, 6.45) is 2.95. The molecule has 26 heavy (non-hydrogen) atoms. The molecule has 0 aliphatic heterocycles. The van der Waals surface area contributed by atoms with Crippen molar-refractivity contribution in [2.45, 2.75) is 32.9 Å². The van der Waals surface area contributed by atoms with E-state index in [4.69, 9.17) is 9.88 Å². The summed E-state index contributed by atoms with van der Waals surface area (Å²) in [5.41, 5.74) is 2.68. The molecule has 2 N–H and O–H groups in total. The Bertz CT molecular complexity index is 1030. The zero-order valence-electron chi connectivity index (χ0n) is 14.5. The first-order chi connectivity index (χ1) is 12.4. The van der Waals surface area contributed by atoms with E-state index in [-0.39, 0.29) is 5.75 Å². The van der Waals surface area contributed by atoms with Gasteiger partial charge in [-0.05, 0) is 38.0 Å². The Hall–Kier alpha value is -1.55. The highest BCUT2D eigenvalue weighted by atomic mass is 79.9. The van der Waals surface area contributed by atoms with Gasteiger partial charge in [0.2, 0.25) is 10.0 Å². The Balaban J connectivity index is 2.00. The lowest BCUT2D eigenvalue weighted by Crippen LogP contribution is -2.17. The number of nitrogens with zero attached hydrogens (tertiary/aromatic N) is 3. The summed E-state index contributed by atoms with van der Waals surface area (Å²) >= 11 is 3.47. The van der Waals surface area contributed by atoms with Crippen LogP contribution >= 0.6 is 15.9 Å². The first-order valence-corrected chi connectivity index (χ1v) is 10.9. The zero-order chi connectivity index (χ0) is 18.7. The standard InChI is InChI=1S/C17H21BrN4O3S/c1-2-25-11-16-21-15-10-20-14-9-12(18)5-6-13(14)17(15)22(16)7-3-4-8-26(19,23)24/h5-6,9-10H,2-4,7-8,11H2,1H3,(H2,19,23,24). The number of halogens is 1. The molecule has 3 rings (SSSR count). The smallest absolute Gasteiger partial charge is 0.209 e. The fraction of sp³-hybridized carbons (Fsp3) is 0.412. The second-order valence-electron chi connectivity index (χ2n) is 6.04. The van der Waals surface area contributed by atoms with Crippen LogP contribution in [0.2, 0.25) is 0 Å². The summed E-state index contributed by atoms with van der Waals surface area (Å²) in [6, 6.07) is 5.96. The van der Waals surface area contributed by atoms with Crippen molar-refractivity contribution >= 4 is 47.9 Å². The van der Waals surface area contributed by atoms with E-state index in [0.717, 1.165) is 32.2 Å². The molecule has 0 aliphatic rings. The second-order valence-corrected chi connectivity index (χ2v) is 8.69. The summed E-state index contributed by atoms with van der Waals surface area (Å²) in [7, 11) is -3.44. The zero-order valence-corrected chi connectivity index (χ0v) is 16.9. The highest BCUT2D eigenvalue weighted by molar-refractivity contribution is 9.10. The van der Waals surface area contributed by atoms with E-state index in [1.807, 2.05) is 25.1 Å². The lowest BCUT2D eigenvalue weighted by atomic mass is 10.2. The number of hydrogen-bond donors (Lipinski definition) is 1. The van der Waals surface area contributed by atoms with Crippen molar-refractivity contribution < 1.29 is 13.2 Å². The number of hydrogen-bond acceptors (Lipinski definition) is 5. The van der Waals surface area contributed by atoms with Gasteiger partial charge in [0, 0.05) is 23.0 Å². The summed E-state index contributed by atoms with van der Waals surface area (Å²) in [4.78, 5) is 9.16. The van der Waals surface area contributed by atoms with Crippen molar-refractivity contribution in [1.82, 2.24) is 14.5 Å². The van der Waals surface area contributed by atoms with E-state index in [0.29, 0.717) is 32.6 Å². The minimum Gasteiger partial charge on any atom is -0.374 e. The highest BCUT2D eigenvalue weighted by Crippen LogP contribution is 2.27. The lowest BCUT2D eigenvalue weighted by Gasteiger charge is -2.10. The molecular formula is C17H21BrN4O3S. The van der Waals surface area contributed by atoms with Crippen molar-refractivity contribution in [3.8, 4) is 0 Å². The molecule has 140 valence electrons. The third-order valence-electron chi connectivity index (χ3n) is 4.11. The molecule has 0 radical (unpaired) electrons. The molecule has 9 heteroatoms. The number of rotatable bonds is 8. The Kier molecular flexibility index (Phi) is 5.91. The third kappa shape index (κ3) is 4.40. The van der Waals surface area contributed by atoms with E-state index < -0.39 is 10.0 Å². The van der Waals surface area contributed by atoms with Gasteiger partial charge in [0.15, 0.2) is 0 Å². The molecule has 0 aliphatic carbocycles. The van der Waals surface area contributed by atoms with E-state index in [1.165, 1.54) is 0 Å². The Morgan fingerprint density at radius 2 is 2.08 bits per heavy atom. The van der Waals surface area contributed by atoms with Crippen LogP contribution in [0, 0.1) is 0 Å². The molecule has 0 unspecified atom stereocenters. The molecule has 0 spiro atoms. The quantitative estimate of drug-likeness (QED) is 0.542. The van der Waals surface area contributed by atoms with Gasteiger partial charge in [-0.15, -0.1) is 0 Å². The maximum absolute atomic E-state index is 11.1. The first kappa shape index (κ1) is 19.2. The van der Waals surface area contributed by atoms with Crippen LogP contribution in [0.15, 0.2) is 28.9 Å². The normalized spacial score (nSPS) is 12.3. The van der Waals surface area contributed by atoms with Crippen LogP contribution in [0.3, 0.4) is 0 Å². The number of primary sulfonamides is 1. The Labute approximate surface area is 160 Å². The van der Waals surface area contributed by atoms with Crippen molar-refractivity contribution in [2.75, 3.05) is 12.4 Å². The molecule has 2 heterocycles. The number of aryl methyl sites for hydroxylation is 1. The van der Waals surface area contributed by atoms with Gasteiger partial charge in [-0.2, -0.15) is 0 Å². The van der Waals surface area contributed by atoms with E-state index in [1.54, 1.807) is 6.20 Å². The summed E-state index contributed by atoms with van der Waals surface area (Å²) in [6.45, 7) is 3.58. The molecule has 0 fully saturated rings. The molecule has 0 atom stereocenters. The summed E-state index contributed by atoms with van der Waals surface area (Å²) in [5, 5.41) is 6.10. The topological polar surface area (TPSA) is 100 Å². The van der Waals surface area contributed by atoms with Crippen LogP contribution < -0.4 is 5.14 Å². The van der Waals surface area contributed by atoms with Gasteiger partial charge < -0.3 is 9.30 Å². The summed E-state index contributed by atoms with van der Waals surface area (Å²) < 4.78 is 30.9. The number of imidazole rings is 1. The number of unbranched alkanes of at least 4 members (excludes halogenated alkanes) is 1.